The minimum Gasteiger partial charge on any atom is -0.348 e. The van der Waals surface area contributed by atoms with Gasteiger partial charge in [-0.3, -0.25) is 14.6 Å². The molecule has 0 aromatic carbocycles. The lowest BCUT2D eigenvalue weighted by Gasteiger charge is -2.37. The summed E-state index contributed by atoms with van der Waals surface area (Å²) in [6, 6.07) is 5.64. The van der Waals surface area contributed by atoms with Crippen LogP contribution >= 0.6 is 0 Å². The van der Waals surface area contributed by atoms with E-state index < -0.39 is 0 Å². The van der Waals surface area contributed by atoms with Gasteiger partial charge in [0.25, 0.3) is 11.8 Å². The number of rotatable bonds is 3. The number of pyridine rings is 1. The zero-order valence-electron chi connectivity index (χ0n) is 19.5. The molecule has 1 spiro atoms. The lowest BCUT2D eigenvalue weighted by atomic mass is 9.94. The summed E-state index contributed by atoms with van der Waals surface area (Å²) in [6.07, 6.45) is 8.36. The molecule has 1 saturated carbocycles. The van der Waals surface area contributed by atoms with Crippen molar-refractivity contribution >= 4 is 22.8 Å². The smallest absolute Gasteiger partial charge is 0.268 e. The van der Waals surface area contributed by atoms with Crippen molar-refractivity contribution in [3.8, 4) is 0 Å². The zero-order chi connectivity index (χ0) is 23.3. The summed E-state index contributed by atoms with van der Waals surface area (Å²) in [4.78, 5) is 43.4. The molecule has 176 valence electrons. The second-order valence-corrected chi connectivity index (χ2v) is 9.85. The predicted molar refractivity (Wildman–Crippen MR) is 127 cm³/mol. The standard InChI is InChI=1S/C25H29N7O2/c1-30-8-10-31(11-9-30)24(34)17-4-5-19(26-14-17)13-21-27-15-18-12-20-23(33)28-16-25(6-2-3-7-25)32(20)22(18)29-21/h4-5,12,14-15H,2-3,6-11,13,16H2,1H3,(H,28,33). The topological polar surface area (TPSA) is 96.2 Å². The molecule has 2 amide bonds. The average Bonchev–Trinajstić information content (AvgIpc) is 3.48. The maximum atomic E-state index is 12.8. The molecule has 1 aliphatic carbocycles. The van der Waals surface area contributed by atoms with Crippen molar-refractivity contribution in [1.29, 1.82) is 0 Å². The summed E-state index contributed by atoms with van der Waals surface area (Å²) in [7, 11) is 2.07. The van der Waals surface area contributed by atoms with Gasteiger partial charge in [-0.2, -0.15) is 0 Å². The number of nitrogens with one attached hydrogen (secondary N) is 1. The van der Waals surface area contributed by atoms with Crippen LogP contribution in [-0.4, -0.2) is 80.9 Å². The highest BCUT2D eigenvalue weighted by Gasteiger charge is 2.42. The minimum atomic E-state index is -0.0832. The number of carbonyl (C=O) groups is 2. The Bertz CT molecular complexity index is 1250. The molecule has 0 radical (unpaired) electrons. The van der Waals surface area contributed by atoms with Crippen molar-refractivity contribution < 1.29 is 9.59 Å². The summed E-state index contributed by atoms with van der Waals surface area (Å²) in [5, 5.41) is 3.97. The summed E-state index contributed by atoms with van der Waals surface area (Å²) in [6.45, 7) is 3.93. The number of amides is 2. The Kier molecular flexibility index (Phi) is 5.09. The Morgan fingerprint density at radius 2 is 1.88 bits per heavy atom. The molecular formula is C25H29N7O2. The van der Waals surface area contributed by atoms with Crippen LogP contribution in [0.5, 0.6) is 0 Å². The van der Waals surface area contributed by atoms with Crippen molar-refractivity contribution in [3.05, 3.63) is 53.4 Å². The number of hydrogen-bond donors (Lipinski definition) is 1. The summed E-state index contributed by atoms with van der Waals surface area (Å²) in [5.74, 6) is 0.655. The normalized spacial score (nSPS) is 20.0. The number of carbonyl (C=O) groups excluding carboxylic acids is 2. The van der Waals surface area contributed by atoms with E-state index in [1.165, 1.54) is 0 Å². The van der Waals surface area contributed by atoms with Gasteiger partial charge in [0, 0.05) is 56.2 Å². The summed E-state index contributed by atoms with van der Waals surface area (Å²) >= 11 is 0. The van der Waals surface area contributed by atoms with E-state index in [9.17, 15) is 9.59 Å². The molecule has 6 rings (SSSR count). The maximum absolute atomic E-state index is 12.8. The third kappa shape index (κ3) is 3.55. The van der Waals surface area contributed by atoms with Crippen molar-refractivity contribution in [1.82, 2.24) is 34.6 Å². The van der Waals surface area contributed by atoms with Gasteiger partial charge in [-0.1, -0.05) is 12.8 Å². The SMILES string of the molecule is CN1CCN(C(=O)c2ccc(Cc3ncc4cc5n(c4n3)C3(CCCC3)CNC5=O)nc2)CC1. The monoisotopic (exact) mass is 459 g/mol. The Balaban J connectivity index is 1.25. The van der Waals surface area contributed by atoms with Gasteiger partial charge < -0.3 is 19.7 Å². The van der Waals surface area contributed by atoms with Gasteiger partial charge in [0.2, 0.25) is 0 Å². The van der Waals surface area contributed by atoms with Crippen LogP contribution in [0.2, 0.25) is 0 Å². The second kappa shape index (κ2) is 8.16. The van der Waals surface area contributed by atoms with Gasteiger partial charge in [0.1, 0.15) is 17.2 Å². The molecule has 5 heterocycles. The lowest BCUT2D eigenvalue weighted by Crippen LogP contribution is -2.50. The number of piperazine rings is 1. The van der Waals surface area contributed by atoms with Crippen molar-refractivity contribution in [2.24, 2.45) is 0 Å². The number of hydrogen-bond acceptors (Lipinski definition) is 6. The van der Waals surface area contributed by atoms with Crippen molar-refractivity contribution in [2.45, 2.75) is 37.6 Å². The van der Waals surface area contributed by atoms with Gasteiger partial charge in [-0.25, -0.2) is 9.97 Å². The number of likely N-dealkylation sites (N-methyl/N-ethyl adjacent to an activating group) is 1. The van der Waals surface area contributed by atoms with Crippen LogP contribution in [0.1, 0.15) is 58.0 Å². The first-order valence-corrected chi connectivity index (χ1v) is 12.1. The number of aromatic nitrogens is 4. The van der Waals surface area contributed by atoms with Crippen LogP contribution in [-0.2, 0) is 12.0 Å². The highest BCUT2D eigenvalue weighted by Crippen LogP contribution is 2.41. The van der Waals surface area contributed by atoms with Crippen molar-refractivity contribution in [3.63, 3.8) is 0 Å². The first kappa shape index (κ1) is 21.2. The van der Waals surface area contributed by atoms with Crippen LogP contribution in [0.4, 0.5) is 0 Å². The molecule has 9 nitrogen and oxygen atoms in total. The molecule has 0 bridgehead atoms. The maximum Gasteiger partial charge on any atom is 0.268 e. The van der Waals surface area contributed by atoms with E-state index >= 15 is 0 Å². The molecule has 9 heteroatoms. The van der Waals surface area contributed by atoms with Gasteiger partial charge in [0.05, 0.1) is 17.5 Å². The van der Waals surface area contributed by atoms with Gasteiger partial charge in [-0.05, 0) is 38.1 Å². The molecule has 0 unspecified atom stereocenters. The molecule has 1 N–H and O–H groups in total. The first-order valence-electron chi connectivity index (χ1n) is 12.1. The summed E-state index contributed by atoms with van der Waals surface area (Å²) in [5.41, 5.74) is 2.85. The molecule has 3 aromatic heterocycles. The van der Waals surface area contributed by atoms with Crippen LogP contribution < -0.4 is 5.32 Å². The Morgan fingerprint density at radius 1 is 1.09 bits per heavy atom. The van der Waals surface area contributed by atoms with Gasteiger partial charge >= 0.3 is 0 Å². The molecule has 0 atom stereocenters. The van der Waals surface area contributed by atoms with E-state index in [2.05, 4.69) is 31.8 Å². The van der Waals surface area contributed by atoms with E-state index in [0.29, 0.717) is 30.0 Å². The molecule has 2 fully saturated rings. The van der Waals surface area contributed by atoms with Gasteiger partial charge in [0.15, 0.2) is 0 Å². The molecular weight excluding hydrogens is 430 g/mol. The van der Waals surface area contributed by atoms with Crippen molar-refractivity contribution in [2.75, 3.05) is 39.8 Å². The van der Waals surface area contributed by atoms with E-state index in [0.717, 1.165) is 68.6 Å². The molecule has 3 aromatic rings. The van der Waals surface area contributed by atoms with Crippen LogP contribution in [0.25, 0.3) is 11.0 Å². The number of nitrogens with zero attached hydrogens (tertiary/aromatic N) is 6. The zero-order valence-corrected chi connectivity index (χ0v) is 19.5. The third-order valence-corrected chi connectivity index (χ3v) is 7.61. The fourth-order valence-corrected chi connectivity index (χ4v) is 5.61. The Hall–Kier alpha value is -3.33. The molecule has 3 aliphatic rings. The third-order valence-electron chi connectivity index (χ3n) is 7.61. The minimum absolute atomic E-state index is 0.0322. The highest BCUT2D eigenvalue weighted by molar-refractivity contribution is 5.99. The average molecular weight is 460 g/mol. The predicted octanol–water partition coefficient (Wildman–Crippen LogP) is 1.82. The molecule has 34 heavy (non-hydrogen) atoms. The Morgan fingerprint density at radius 3 is 2.62 bits per heavy atom. The quantitative estimate of drug-likeness (QED) is 0.642. The second-order valence-electron chi connectivity index (χ2n) is 9.85. The van der Waals surface area contributed by atoms with E-state index in [-0.39, 0.29) is 17.4 Å². The van der Waals surface area contributed by atoms with E-state index in [1.807, 2.05) is 29.3 Å². The fraction of sp³-hybridized carbons (Fsp3) is 0.480. The number of fused-ring (bicyclic) bond motifs is 4. The lowest BCUT2D eigenvalue weighted by molar-refractivity contribution is 0.0663. The first-order chi connectivity index (χ1) is 16.5. The van der Waals surface area contributed by atoms with Crippen LogP contribution in [0.15, 0.2) is 30.6 Å². The summed E-state index contributed by atoms with van der Waals surface area (Å²) < 4.78 is 2.17. The van der Waals surface area contributed by atoms with Crippen LogP contribution in [0.3, 0.4) is 0 Å². The molecule has 1 saturated heterocycles. The van der Waals surface area contributed by atoms with E-state index in [4.69, 9.17) is 4.98 Å². The Labute approximate surface area is 198 Å². The largest absolute Gasteiger partial charge is 0.348 e. The van der Waals surface area contributed by atoms with Crippen LogP contribution in [0, 0.1) is 0 Å². The fourth-order valence-electron chi connectivity index (χ4n) is 5.61. The highest BCUT2D eigenvalue weighted by atomic mass is 16.2. The molecule has 2 aliphatic heterocycles. The van der Waals surface area contributed by atoms with Gasteiger partial charge in [-0.15, -0.1) is 0 Å². The van der Waals surface area contributed by atoms with E-state index in [1.54, 1.807) is 6.20 Å².